The molecule has 0 saturated carbocycles. The SMILES string of the molecule is CN(c1ccc(C#N)cc1)c1cccc(F)c1CO. The Morgan fingerprint density at radius 3 is 2.47 bits per heavy atom. The predicted octanol–water partition coefficient (Wildman–Crippen LogP) is 2.96. The van der Waals surface area contributed by atoms with Gasteiger partial charge in [0.2, 0.25) is 0 Å². The molecular formula is C15H13FN2O. The number of aliphatic hydroxyl groups is 1. The second kappa shape index (κ2) is 5.51. The van der Waals surface area contributed by atoms with Crippen molar-refractivity contribution < 1.29 is 9.50 Å². The molecule has 4 heteroatoms. The van der Waals surface area contributed by atoms with E-state index in [0.29, 0.717) is 11.3 Å². The van der Waals surface area contributed by atoms with Crippen molar-refractivity contribution in [2.75, 3.05) is 11.9 Å². The van der Waals surface area contributed by atoms with Gasteiger partial charge in [-0.2, -0.15) is 5.26 Å². The van der Waals surface area contributed by atoms with Crippen LogP contribution in [0.5, 0.6) is 0 Å². The van der Waals surface area contributed by atoms with Crippen LogP contribution >= 0.6 is 0 Å². The maximum atomic E-state index is 13.6. The number of benzene rings is 2. The molecule has 0 aromatic heterocycles. The van der Waals surface area contributed by atoms with E-state index in [2.05, 4.69) is 0 Å². The zero-order chi connectivity index (χ0) is 13.8. The van der Waals surface area contributed by atoms with Gasteiger partial charge in [-0.1, -0.05) is 6.07 Å². The van der Waals surface area contributed by atoms with Gasteiger partial charge in [-0.25, -0.2) is 4.39 Å². The first-order chi connectivity index (χ1) is 9.17. The van der Waals surface area contributed by atoms with Crippen LogP contribution in [0, 0.1) is 17.1 Å². The van der Waals surface area contributed by atoms with Gasteiger partial charge >= 0.3 is 0 Å². The second-order valence-corrected chi connectivity index (χ2v) is 4.11. The molecule has 0 amide bonds. The molecule has 1 N–H and O–H groups in total. The molecule has 0 spiro atoms. The lowest BCUT2D eigenvalue weighted by Crippen LogP contribution is -2.12. The largest absolute Gasteiger partial charge is 0.391 e. The van der Waals surface area contributed by atoms with Gasteiger partial charge < -0.3 is 10.0 Å². The van der Waals surface area contributed by atoms with E-state index in [1.165, 1.54) is 6.07 Å². The molecule has 2 rings (SSSR count). The molecule has 0 bridgehead atoms. The number of aliphatic hydroxyl groups excluding tert-OH is 1. The van der Waals surface area contributed by atoms with Crippen molar-refractivity contribution in [2.45, 2.75) is 6.61 Å². The molecule has 96 valence electrons. The fourth-order valence-corrected chi connectivity index (χ4v) is 1.92. The van der Waals surface area contributed by atoms with E-state index in [4.69, 9.17) is 5.26 Å². The molecule has 0 atom stereocenters. The van der Waals surface area contributed by atoms with Crippen LogP contribution in [0.1, 0.15) is 11.1 Å². The summed E-state index contributed by atoms with van der Waals surface area (Å²) in [7, 11) is 1.79. The third-order valence-corrected chi connectivity index (χ3v) is 3.00. The van der Waals surface area contributed by atoms with Gasteiger partial charge in [-0.05, 0) is 36.4 Å². The summed E-state index contributed by atoms with van der Waals surface area (Å²) in [5.74, 6) is -0.430. The summed E-state index contributed by atoms with van der Waals surface area (Å²) in [6.45, 7) is -0.359. The molecule has 0 aliphatic rings. The average molecular weight is 256 g/mol. The van der Waals surface area contributed by atoms with Crippen molar-refractivity contribution in [3.8, 4) is 6.07 Å². The van der Waals surface area contributed by atoms with Crippen LogP contribution in [0.25, 0.3) is 0 Å². The first-order valence-corrected chi connectivity index (χ1v) is 5.79. The number of halogens is 1. The highest BCUT2D eigenvalue weighted by atomic mass is 19.1. The smallest absolute Gasteiger partial charge is 0.130 e. The summed E-state index contributed by atoms with van der Waals surface area (Å²) >= 11 is 0. The summed E-state index contributed by atoms with van der Waals surface area (Å²) in [5, 5.41) is 18.0. The minimum atomic E-state index is -0.430. The van der Waals surface area contributed by atoms with E-state index in [1.807, 2.05) is 6.07 Å². The minimum Gasteiger partial charge on any atom is -0.391 e. The van der Waals surface area contributed by atoms with Crippen molar-refractivity contribution in [1.82, 2.24) is 0 Å². The van der Waals surface area contributed by atoms with E-state index < -0.39 is 5.82 Å². The van der Waals surface area contributed by atoms with Crippen LogP contribution in [-0.2, 0) is 6.61 Å². The monoisotopic (exact) mass is 256 g/mol. The third kappa shape index (κ3) is 2.56. The molecule has 0 heterocycles. The Balaban J connectivity index is 2.41. The van der Waals surface area contributed by atoms with Gasteiger partial charge in [0.1, 0.15) is 5.82 Å². The van der Waals surface area contributed by atoms with Crippen LogP contribution in [0.4, 0.5) is 15.8 Å². The first kappa shape index (κ1) is 13.1. The normalized spacial score (nSPS) is 10.0. The molecule has 19 heavy (non-hydrogen) atoms. The molecular weight excluding hydrogens is 243 g/mol. The van der Waals surface area contributed by atoms with Crippen molar-refractivity contribution >= 4 is 11.4 Å². The Hall–Kier alpha value is -2.38. The lowest BCUT2D eigenvalue weighted by Gasteiger charge is -2.22. The van der Waals surface area contributed by atoms with Crippen LogP contribution in [0.15, 0.2) is 42.5 Å². The highest BCUT2D eigenvalue weighted by molar-refractivity contribution is 5.66. The van der Waals surface area contributed by atoms with Gasteiger partial charge in [-0.15, -0.1) is 0 Å². The zero-order valence-corrected chi connectivity index (χ0v) is 10.5. The van der Waals surface area contributed by atoms with Crippen LogP contribution in [-0.4, -0.2) is 12.2 Å². The van der Waals surface area contributed by atoms with E-state index in [1.54, 1.807) is 48.3 Å². The molecule has 0 aliphatic carbocycles. The molecule has 0 aliphatic heterocycles. The number of hydrogen-bond acceptors (Lipinski definition) is 3. The molecule has 0 unspecified atom stereocenters. The Morgan fingerprint density at radius 1 is 1.21 bits per heavy atom. The van der Waals surface area contributed by atoms with E-state index in [0.717, 1.165) is 5.69 Å². The van der Waals surface area contributed by atoms with E-state index in [9.17, 15) is 9.50 Å². The molecule has 0 fully saturated rings. The first-order valence-electron chi connectivity index (χ1n) is 5.79. The number of hydrogen-bond donors (Lipinski definition) is 1. The highest BCUT2D eigenvalue weighted by Crippen LogP contribution is 2.28. The number of rotatable bonds is 3. The van der Waals surface area contributed by atoms with Crippen LogP contribution < -0.4 is 4.90 Å². The summed E-state index contributed by atoms with van der Waals surface area (Å²) in [6, 6.07) is 13.7. The molecule has 2 aromatic rings. The van der Waals surface area contributed by atoms with Gasteiger partial charge in [0.25, 0.3) is 0 Å². The topological polar surface area (TPSA) is 47.3 Å². The van der Waals surface area contributed by atoms with E-state index >= 15 is 0 Å². The molecule has 3 nitrogen and oxygen atoms in total. The lowest BCUT2D eigenvalue weighted by molar-refractivity contribution is 0.276. The maximum absolute atomic E-state index is 13.6. The van der Waals surface area contributed by atoms with Gasteiger partial charge in [0.05, 0.1) is 18.2 Å². The third-order valence-electron chi connectivity index (χ3n) is 3.00. The number of nitrogens with zero attached hydrogens (tertiary/aromatic N) is 2. The quantitative estimate of drug-likeness (QED) is 0.918. The lowest BCUT2D eigenvalue weighted by atomic mass is 10.1. The summed E-state index contributed by atoms with van der Waals surface area (Å²) in [5.41, 5.74) is 2.25. The molecule has 0 saturated heterocycles. The fraction of sp³-hybridized carbons (Fsp3) is 0.133. The number of nitriles is 1. The summed E-state index contributed by atoms with van der Waals surface area (Å²) in [4.78, 5) is 1.77. The van der Waals surface area contributed by atoms with Gasteiger partial charge in [0.15, 0.2) is 0 Å². The minimum absolute atomic E-state index is 0.259. The Kier molecular flexibility index (Phi) is 3.79. The van der Waals surface area contributed by atoms with Crippen LogP contribution in [0.3, 0.4) is 0 Å². The van der Waals surface area contributed by atoms with Crippen LogP contribution in [0.2, 0.25) is 0 Å². The zero-order valence-electron chi connectivity index (χ0n) is 10.5. The van der Waals surface area contributed by atoms with Crippen molar-refractivity contribution in [1.29, 1.82) is 5.26 Å². The standard InChI is InChI=1S/C15H13FN2O/c1-18(12-7-5-11(9-17)6-8-12)15-4-2-3-14(16)13(15)10-19/h2-8,19H,10H2,1H3. The second-order valence-electron chi connectivity index (χ2n) is 4.11. The Morgan fingerprint density at radius 2 is 1.89 bits per heavy atom. The fourth-order valence-electron chi connectivity index (χ4n) is 1.92. The van der Waals surface area contributed by atoms with Crippen molar-refractivity contribution in [2.24, 2.45) is 0 Å². The molecule has 2 aromatic carbocycles. The summed E-state index contributed by atoms with van der Waals surface area (Å²) < 4.78 is 13.6. The summed E-state index contributed by atoms with van der Waals surface area (Å²) in [6.07, 6.45) is 0. The van der Waals surface area contributed by atoms with Gasteiger partial charge in [-0.3, -0.25) is 0 Å². The van der Waals surface area contributed by atoms with E-state index in [-0.39, 0.29) is 12.2 Å². The molecule has 0 radical (unpaired) electrons. The Bertz CT molecular complexity index is 617. The Labute approximate surface area is 111 Å². The maximum Gasteiger partial charge on any atom is 0.130 e. The predicted molar refractivity (Wildman–Crippen MR) is 71.5 cm³/mol. The van der Waals surface area contributed by atoms with Crippen molar-refractivity contribution in [3.63, 3.8) is 0 Å². The van der Waals surface area contributed by atoms with Gasteiger partial charge in [0, 0.05) is 24.0 Å². The highest BCUT2D eigenvalue weighted by Gasteiger charge is 2.12. The average Bonchev–Trinajstić information content (AvgIpc) is 2.46. The van der Waals surface area contributed by atoms with Crippen molar-refractivity contribution in [3.05, 3.63) is 59.4 Å². The number of anilines is 2.